The van der Waals surface area contributed by atoms with Gasteiger partial charge in [0.25, 0.3) is 0 Å². The molecule has 0 atom stereocenters. The van der Waals surface area contributed by atoms with Crippen molar-refractivity contribution in [2.24, 2.45) is 0 Å². The summed E-state index contributed by atoms with van der Waals surface area (Å²) < 4.78 is 27.1. The quantitative estimate of drug-likeness (QED) is 0.299. The van der Waals surface area contributed by atoms with E-state index < -0.39 is 5.97 Å². The summed E-state index contributed by atoms with van der Waals surface area (Å²) in [5.74, 6) is -0.0559. The number of morpholine rings is 1. The van der Waals surface area contributed by atoms with Crippen LogP contribution in [0.4, 0.5) is 5.69 Å². The Kier molecular flexibility index (Phi) is 7.56. The van der Waals surface area contributed by atoms with Gasteiger partial charge in [0, 0.05) is 35.5 Å². The topological polar surface area (TPSA) is 137 Å². The molecule has 11 nitrogen and oxygen atoms in total. The average Bonchev–Trinajstić information content (AvgIpc) is 3.57. The number of nitriles is 1. The van der Waals surface area contributed by atoms with Gasteiger partial charge in [-0.3, -0.25) is 0 Å². The number of aryl methyl sites for hydroxylation is 2. The minimum absolute atomic E-state index is 0.0591. The first kappa shape index (κ1) is 25.9. The highest BCUT2D eigenvalue weighted by atomic mass is 16.5. The number of hydrogen-bond donors (Lipinski definition) is 0. The summed E-state index contributed by atoms with van der Waals surface area (Å²) in [5, 5.41) is 14.2. The van der Waals surface area contributed by atoms with Crippen LogP contribution in [-0.4, -0.2) is 54.0 Å². The van der Waals surface area contributed by atoms with Crippen molar-refractivity contribution in [2.75, 3.05) is 37.8 Å². The second kappa shape index (κ2) is 11.4. The lowest BCUT2D eigenvalue weighted by molar-refractivity contribution is 0.0486. The van der Waals surface area contributed by atoms with Crippen molar-refractivity contribution in [3.63, 3.8) is 0 Å². The zero-order chi connectivity index (χ0) is 27.4. The third-order valence-electron chi connectivity index (χ3n) is 6.39. The van der Waals surface area contributed by atoms with Crippen LogP contribution in [0, 0.1) is 25.2 Å². The van der Waals surface area contributed by atoms with Gasteiger partial charge in [-0.15, -0.1) is 0 Å². The summed E-state index contributed by atoms with van der Waals surface area (Å²) in [5.41, 5.74) is 4.88. The average molecular weight is 530 g/mol. The fourth-order valence-electron chi connectivity index (χ4n) is 4.48. The molecular weight excluding hydrogens is 502 g/mol. The number of pyridine rings is 1. The monoisotopic (exact) mass is 529 g/mol. The van der Waals surface area contributed by atoms with E-state index >= 15 is 0 Å². The van der Waals surface area contributed by atoms with Crippen molar-refractivity contribution in [3.05, 3.63) is 65.2 Å². The summed E-state index contributed by atoms with van der Waals surface area (Å²) in [6, 6.07) is 12.1. The van der Waals surface area contributed by atoms with Crippen LogP contribution in [0.1, 0.15) is 40.2 Å². The van der Waals surface area contributed by atoms with Crippen LogP contribution in [0.3, 0.4) is 0 Å². The SMILES string of the molecule is CCOC(=O)c1ocnc1COc1nc(-c2ccc(N3CCOCC3)cc2)cc(-c2c(C)noc2C)c1C#N. The molecule has 0 saturated carbocycles. The zero-order valence-corrected chi connectivity index (χ0v) is 21.9. The molecule has 200 valence electrons. The van der Waals surface area contributed by atoms with Gasteiger partial charge in [-0.2, -0.15) is 5.26 Å². The second-order valence-electron chi connectivity index (χ2n) is 8.83. The van der Waals surface area contributed by atoms with Crippen LogP contribution in [0.15, 0.2) is 45.7 Å². The minimum atomic E-state index is -0.646. The zero-order valence-electron chi connectivity index (χ0n) is 21.9. The Balaban J connectivity index is 1.54. The largest absolute Gasteiger partial charge is 0.470 e. The van der Waals surface area contributed by atoms with E-state index in [4.69, 9.17) is 28.1 Å². The highest BCUT2D eigenvalue weighted by Crippen LogP contribution is 2.37. The van der Waals surface area contributed by atoms with Gasteiger partial charge in [-0.1, -0.05) is 17.3 Å². The third-order valence-corrected chi connectivity index (χ3v) is 6.39. The van der Waals surface area contributed by atoms with E-state index in [0.717, 1.165) is 30.7 Å². The minimum Gasteiger partial charge on any atom is -0.470 e. The van der Waals surface area contributed by atoms with Gasteiger partial charge in [0.1, 0.15) is 29.7 Å². The first-order valence-corrected chi connectivity index (χ1v) is 12.5. The van der Waals surface area contributed by atoms with Gasteiger partial charge in [0.15, 0.2) is 6.39 Å². The highest BCUT2D eigenvalue weighted by molar-refractivity contribution is 5.87. The number of nitrogens with zero attached hydrogens (tertiary/aromatic N) is 5. The standard InChI is InChI=1S/C28H27N5O6/c1-4-36-28(34)26-24(30-16-38-26)15-37-27-22(14-29)21(25-17(2)32-39-18(25)3)13-23(31-27)19-5-7-20(8-6-19)33-9-11-35-12-10-33/h5-8,13,16H,4,9-12,15H2,1-3H3. The number of rotatable bonds is 8. The number of hydrogen-bond acceptors (Lipinski definition) is 11. The van der Waals surface area contributed by atoms with Crippen LogP contribution in [0.5, 0.6) is 5.88 Å². The lowest BCUT2D eigenvalue weighted by atomic mass is 9.97. The summed E-state index contributed by atoms with van der Waals surface area (Å²) >= 11 is 0. The molecule has 4 aromatic rings. The number of esters is 1. The predicted molar refractivity (Wildman–Crippen MR) is 139 cm³/mol. The van der Waals surface area contributed by atoms with Gasteiger partial charge in [-0.25, -0.2) is 14.8 Å². The number of oxazole rings is 1. The Morgan fingerprint density at radius 3 is 2.62 bits per heavy atom. The molecule has 11 heteroatoms. The Hall–Kier alpha value is -4.69. The van der Waals surface area contributed by atoms with Gasteiger partial charge in [0.05, 0.1) is 31.2 Å². The summed E-state index contributed by atoms with van der Waals surface area (Å²) in [7, 11) is 0. The van der Waals surface area contributed by atoms with E-state index in [0.29, 0.717) is 41.5 Å². The van der Waals surface area contributed by atoms with Crippen LogP contribution in [0.25, 0.3) is 22.4 Å². The molecule has 3 aromatic heterocycles. The van der Waals surface area contributed by atoms with Crippen LogP contribution >= 0.6 is 0 Å². The number of carbonyl (C=O) groups excluding carboxylic acids is 1. The van der Waals surface area contributed by atoms with Crippen LogP contribution < -0.4 is 9.64 Å². The maximum Gasteiger partial charge on any atom is 0.376 e. The van der Waals surface area contributed by atoms with E-state index in [1.54, 1.807) is 13.8 Å². The second-order valence-corrected chi connectivity index (χ2v) is 8.83. The van der Waals surface area contributed by atoms with Gasteiger partial charge >= 0.3 is 5.97 Å². The van der Waals surface area contributed by atoms with Gasteiger partial charge < -0.3 is 28.1 Å². The molecule has 0 N–H and O–H groups in total. The van der Waals surface area contributed by atoms with Crippen molar-refractivity contribution in [3.8, 4) is 34.3 Å². The number of ether oxygens (including phenoxy) is 3. The first-order valence-electron chi connectivity index (χ1n) is 12.5. The fourth-order valence-corrected chi connectivity index (χ4v) is 4.48. The van der Waals surface area contributed by atoms with E-state index in [-0.39, 0.29) is 36.1 Å². The molecule has 0 radical (unpaired) electrons. The van der Waals surface area contributed by atoms with Gasteiger partial charge in [0.2, 0.25) is 11.6 Å². The van der Waals surface area contributed by atoms with Crippen LogP contribution in [0.2, 0.25) is 0 Å². The predicted octanol–water partition coefficient (Wildman–Crippen LogP) is 4.47. The lowest BCUT2D eigenvalue weighted by Crippen LogP contribution is -2.36. The Morgan fingerprint density at radius 1 is 1.18 bits per heavy atom. The summed E-state index contributed by atoms with van der Waals surface area (Å²) in [6.45, 7) is 8.38. The summed E-state index contributed by atoms with van der Waals surface area (Å²) in [4.78, 5) is 23.3. The molecular formula is C28H27N5O6. The number of carbonyl (C=O) groups is 1. The van der Waals surface area contributed by atoms with Crippen molar-refractivity contribution >= 4 is 11.7 Å². The maximum atomic E-state index is 12.2. The number of aromatic nitrogens is 3. The lowest BCUT2D eigenvalue weighted by Gasteiger charge is -2.28. The highest BCUT2D eigenvalue weighted by Gasteiger charge is 2.24. The van der Waals surface area contributed by atoms with Crippen molar-refractivity contribution in [1.82, 2.24) is 15.1 Å². The molecule has 0 unspecified atom stereocenters. The Labute approximate surface area is 224 Å². The molecule has 0 amide bonds. The molecule has 0 spiro atoms. The molecule has 1 aromatic carbocycles. The molecule has 5 rings (SSSR count). The molecule has 1 aliphatic rings. The molecule has 1 fully saturated rings. The summed E-state index contributed by atoms with van der Waals surface area (Å²) in [6.07, 6.45) is 1.14. The molecule has 1 saturated heterocycles. The van der Waals surface area contributed by atoms with E-state index in [1.165, 1.54) is 0 Å². The molecule has 0 bridgehead atoms. The number of benzene rings is 1. The number of anilines is 1. The Morgan fingerprint density at radius 2 is 1.95 bits per heavy atom. The van der Waals surface area contributed by atoms with Crippen LogP contribution in [-0.2, 0) is 16.1 Å². The molecule has 4 heterocycles. The third kappa shape index (κ3) is 5.32. The molecule has 1 aliphatic heterocycles. The van der Waals surface area contributed by atoms with Gasteiger partial charge in [-0.05, 0) is 39.0 Å². The normalized spacial score (nSPS) is 13.2. The van der Waals surface area contributed by atoms with Crippen molar-refractivity contribution < 1.29 is 27.9 Å². The van der Waals surface area contributed by atoms with Crippen molar-refractivity contribution in [2.45, 2.75) is 27.4 Å². The fraction of sp³-hybridized carbons (Fsp3) is 0.321. The van der Waals surface area contributed by atoms with E-state index in [9.17, 15) is 10.1 Å². The molecule has 39 heavy (non-hydrogen) atoms. The molecule has 0 aliphatic carbocycles. The van der Waals surface area contributed by atoms with E-state index in [1.807, 2.05) is 37.3 Å². The first-order chi connectivity index (χ1) is 19.0. The Bertz CT molecular complexity index is 1490. The smallest absolute Gasteiger partial charge is 0.376 e. The maximum absolute atomic E-state index is 12.2. The van der Waals surface area contributed by atoms with E-state index in [2.05, 4.69) is 21.1 Å². The van der Waals surface area contributed by atoms with Crippen molar-refractivity contribution in [1.29, 1.82) is 5.26 Å².